The fourth-order valence-corrected chi connectivity index (χ4v) is 1.39. The van der Waals surface area contributed by atoms with Crippen molar-refractivity contribution < 1.29 is 4.79 Å². The molecule has 0 amide bonds. The lowest BCUT2D eigenvalue weighted by molar-refractivity contribution is 0.0956. The summed E-state index contributed by atoms with van der Waals surface area (Å²) in [6, 6.07) is 6.79. The van der Waals surface area contributed by atoms with E-state index in [1.807, 2.05) is 6.07 Å². The fourth-order valence-electron chi connectivity index (χ4n) is 0.958. The zero-order chi connectivity index (χ0) is 10.7. The van der Waals surface area contributed by atoms with Gasteiger partial charge in [-0.25, -0.2) is 0 Å². The minimum absolute atomic E-state index is 0.207. The highest BCUT2D eigenvalue weighted by Crippen LogP contribution is 2.24. The van der Waals surface area contributed by atoms with Gasteiger partial charge in [-0.3, -0.25) is 4.79 Å². The smallest absolute Gasteiger partial charge is 0.179 e. The average molecular weight is 273 g/mol. The van der Waals surface area contributed by atoms with Crippen molar-refractivity contribution in [1.29, 1.82) is 5.26 Å². The highest BCUT2D eigenvalue weighted by Gasteiger charge is 2.14. The highest BCUT2D eigenvalue weighted by atomic mass is 79.9. The first kappa shape index (κ1) is 11.2. The lowest BCUT2D eigenvalue weighted by atomic mass is 10.0. The number of Topliss-reactive ketones (excluding diaryl/α,β-unsaturated/α-hetero) is 1. The predicted molar refractivity (Wildman–Crippen MR) is 58.3 cm³/mol. The minimum atomic E-state index is -0.632. The predicted octanol–water partition coefficient (Wildman–Crippen LogP) is 3.44. The van der Waals surface area contributed by atoms with Crippen molar-refractivity contribution in [3.05, 3.63) is 33.3 Å². The maximum Gasteiger partial charge on any atom is 0.179 e. The van der Waals surface area contributed by atoms with Gasteiger partial charge in [-0.05, 0) is 35.0 Å². The molecule has 0 saturated heterocycles. The van der Waals surface area contributed by atoms with E-state index in [4.69, 9.17) is 16.9 Å². The number of nitriles is 1. The topological polar surface area (TPSA) is 40.9 Å². The molecule has 0 fully saturated rings. The Morgan fingerprint density at radius 2 is 2.29 bits per heavy atom. The van der Waals surface area contributed by atoms with Crippen LogP contribution in [0.3, 0.4) is 0 Å². The van der Waals surface area contributed by atoms with Crippen LogP contribution in [0.25, 0.3) is 0 Å². The summed E-state index contributed by atoms with van der Waals surface area (Å²) >= 11 is 9.05. The summed E-state index contributed by atoms with van der Waals surface area (Å²) in [6.45, 7) is 1.57. The SMILES string of the molecule is CC(C#N)C(=O)c1ccc(Br)c(Cl)c1. The van der Waals surface area contributed by atoms with E-state index in [0.717, 1.165) is 4.47 Å². The number of benzene rings is 1. The Morgan fingerprint density at radius 3 is 2.79 bits per heavy atom. The molecule has 1 aromatic carbocycles. The largest absolute Gasteiger partial charge is 0.293 e. The molecule has 1 atom stereocenters. The number of ketones is 1. The van der Waals surface area contributed by atoms with E-state index in [0.29, 0.717) is 10.6 Å². The molecule has 0 aliphatic heterocycles. The molecule has 0 N–H and O–H groups in total. The second-order valence-corrected chi connectivity index (χ2v) is 4.11. The maximum atomic E-state index is 11.5. The van der Waals surface area contributed by atoms with E-state index in [2.05, 4.69) is 15.9 Å². The average Bonchev–Trinajstić information content (AvgIpc) is 2.20. The number of hydrogen-bond donors (Lipinski definition) is 0. The third-order valence-electron chi connectivity index (χ3n) is 1.79. The first-order chi connectivity index (χ1) is 6.56. The number of carbonyl (C=O) groups is 1. The first-order valence-corrected chi connectivity index (χ1v) is 5.12. The molecule has 14 heavy (non-hydrogen) atoms. The van der Waals surface area contributed by atoms with E-state index in [1.54, 1.807) is 25.1 Å². The van der Waals surface area contributed by atoms with Gasteiger partial charge in [-0.2, -0.15) is 5.26 Å². The summed E-state index contributed by atoms with van der Waals surface area (Å²) in [6.07, 6.45) is 0. The van der Waals surface area contributed by atoms with Crippen LogP contribution in [0.2, 0.25) is 5.02 Å². The summed E-state index contributed by atoms with van der Waals surface area (Å²) in [5.41, 5.74) is 0.465. The zero-order valence-electron chi connectivity index (χ0n) is 7.42. The number of nitrogens with zero attached hydrogens (tertiary/aromatic N) is 1. The van der Waals surface area contributed by atoms with Crippen LogP contribution in [-0.2, 0) is 0 Å². The van der Waals surface area contributed by atoms with Crippen molar-refractivity contribution in [3.63, 3.8) is 0 Å². The third-order valence-corrected chi connectivity index (χ3v) is 3.02. The second-order valence-electron chi connectivity index (χ2n) is 2.84. The van der Waals surface area contributed by atoms with Gasteiger partial charge in [-0.15, -0.1) is 0 Å². The van der Waals surface area contributed by atoms with Gasteiger partial charge < -0.3 is 0 Å². The Hall–Kier alpha value is -0.850. The number of rotatable bonds is 2. The second kappa shape index (κ2) is 4.59. The van der Waals surface area contributed by atoms with E-state index in [1.165, 1.54) is 0 Å². The van der Waals surface area contributed by atoms with Gasteiger partial charge in [0.15, 0.2) is 5.78 Å². The van der Waals surface area contributed by atoms with E-state index in [-0.39, 0.29) is 5.78 Å². The molecule has 0 bridgehead atoms. The maximum absolute atomic E-state index is 11.5. The van der Waals surface area contributed by atoms with Crippen LogP contribution in [-0.4, -0.2) is 5.78 Å². The molecule has 2 nitrogen and oxygen atoms in total. The Balaban J connectivity index is 3.04. The molecule has 0 spiro atoms. The van der Waals surface area contributed by atoms with Crippen LogP contribution in [0.1, 0.15) is 17.3 Å². The Labute approximate surface area is 95.6 Å². The van der Waals surface area contributed by atoms with Crippen molar-refractivity contribution in [3.8, 4) is 6.07 Å². The standard InChI is InChI=1S/C10H7BrClNO/c1-6(5-13)10(14)7-2-3-8(11)9(12)4-7/h2-4,6H,1H3. The van der Waals surface area contributed by atoms with Gasteiger partial charge in [0, 0.05) is 10.0 Å². The molecular formula is C10H7BrClNO. The van der Waals surface area contributed by atoms with Crippen LogP contribution in [0.15, 0.2) is 22.7 Å². The molecule has 1 aromatic rings. The van der Waals surface area contributed by atoms with Crippen molar-refractivity contribution >= 4 is 33.3 Å². The first-order valence-electron chi connectivity index (χ1n) is 3.95. The van der Waals surface area contributed by atoms with Crippen LogP contribution >= 0.6 is 27.5 Å². The highest BCUT2D eigenvalue weighted by molar-refractivity contribution is 9.10. The van der Waals surface area contributed by atoms with Gasteiger partial charge in [0.1, 0.15) is 5.92 Å². The fraction of sp³-hybridized carbons (Fsp3) is 0.200. The van der Waals surface area contributed by atoms with Gasteiger partial charge in [-0.1, -0.05) is 17.7 Å². The van der Waals surface area contributed by atoms with E-state index in [9.17, 15) is 4.79 Å². The number of halogens is 2. The van der Waals surface area contributed by atoms with Gasteiger partial charge in [0.2, 0.25) is 0 Å². The lowest BCUT2D eigenvalue weighted by Gasteiger charge is -2.03. The summed E-state index contributed by atoms with van der Waals surface area (Å²) in [5, 5.41) is 9.05. The van der Waals surface area contributed by atoms with Crippen molar-refractivity contribution in [2.75, 3.05) is 0 Å². The van der Waals surface area contributed by atoms with Crippen LogP contribution in [0.4, 0.5) is 0 Å². The van der Waals surface area contributed by atoms with Crippen molar-refractivity contribution in [1.82, 2.24) is 0 Å². The van der Waals surface area contributed by atoms with Crippen LogP contribution < -0.4 is 0 Å². The lowest BCUT2D eigenvalue weighted by Crippen LogP contribution is -2.08. The summed E-state index contributed by atoms with van der Waals surface area (Å²) in [7, 11) is 0. The number of carbonyl (C=O) groups excluding carboxylic acids is 1. The molecule has 0 aromatic heterocycles. The number of hydrogen-bond acceptors (Lipinski definition) is 2. The minimum Gasteiger partial charge on any atom is -0.293 e. The summed E-state index contributed by atoms with van der Waals surface area (Å²) in [4.78, 5) is 11.5. The molecule has 0 heterocycles. The van der Waals surface area contributed by atoms with Crippen molar-refractivity contribution in [2.24, 2.45) is 5.92 Å². The zero-order valence-corrected chi connectivity index (χ0v) is 9.76. The molecule has 4 heteroatoms. The van der Waals surface area contributed by atoms with E-state index < -0.39 is 5.92 Å². The van der Waals surface area contributed by atoms with Crippen LogP contribution in [0.5, 0.6) is 0 Å². The molecule has 0 aliphatic rings. The molecule has 0 aliphatic carbocycles. The Bertz CT molecular complexity index is 411. The van der Waals surface area contributed by atoms with Gasteiger partial charge in [0.05, 0.1) is 11.1 Å². The molecule has 0 radical (unpaired) electrons. The molecule has 1 rings (SSSR count). The monoisotopic (exact) mass is 271 g/mol. The molecular weight excluding hydrogens is 265 g/mol. The van der Waals surface area contributed by atoms with Gasteiger partial charge in [0.25, 0.3) is 0 Å². The Kier molecular flexibility index (Phi) is 3.68. The quantitative estimate of drug-likeness (QED) is 0.774. The normalized spacial score (nSPS) is 11.9. The molecule has 1 unspecified atom stereocenters. The van der Waals surface area contributed by atoms with Crippen molar-refractivity contribution in [2.45, 2.75) is 6.92 Å². The summed E-state index contributed by atoms with van der Waals surface area (Å²) < 4.78 is 0.736. The van der Waals surface area contributed by atoms with Crippen LogP contribution in [0, 0.1) is 17.2 Å². The molecule has 0 saturated carbocycles. The van der Waals surface area contributed by atoms with E-state index >= 15 is 0 Å². The Morgan fingerprint density at radius 1 is 1.64 bits per heavy atom. The van der Waals surface area contributed by atoms with Gasteiger partial charge >= 0.3 is 0 Å². The third kappa shape index (κ3) is 2.34. The molecule has 72 valence electrons. The summed E-state index contributed by atoms with van der Waals surface area (Å²) in [5.74, 6) is -0.839.